The van der Waals surface area contributed by atoms with Gasteiger partial charge in [0.1, 0.15) is 0 Å². The standard InChI is InChI=1S/C21H21ClN2O/c1-24-13-16-6-7-19(22)10-17(16)11-20(24)12-23-21(25)18-8-14-4-2-3-5-15(14)9-18/h2-8,10,20H,9,11-13H2,1H3,(H,23,25)/t20-/m1/s1. The zero-order chi connectivity index (χ0) is 17.4. The fourth-order valence-corrected chi connectivity index (χ4v) is 3.92. The van der Waals surface area contributed by atoms with Crippen LogP contribution in [-0.4, -0.2) is 30.4 Å². The Labute approximate surface area is 153 Å². The number of amides is 1. The van der Waals surface area contributed by atoms with Crippen LogP contribution in [0.1, 0.15) is 22.3 Å². The van der Waals surface area contributed by atoms with E-state index in [1.54, 1.807) is 0 Å². The molecule has 2 aromatic carbocycles. The first-order chi connectivity index (χ1) is 12.1. The van der Waals surface area contributed by atoms with Crippen molar-refractivity contribution in [3.8, 4) is 0 Å². The predicted octanol–water partition coefficient (Wildman–Crippen LogP) is 3.45. The third-order valence-electron chi connectivity index (χ3n) is 5.22. The Morgan fingerprint density at radius 3 is 2.88 bits per heavy atom. The molecule has 1 atom stereocenters. The second-order valence-corrected chi connectivity index (χ2v) is 7.38. The summed E-state index contributed by atoms with van der Waals surface area (Å²) in [4.78, 5) is 14.8. The average molecular weight is 353 g/mol. The van der Waals surface area contributed by atoms with Gasteiger partial charge in [0.05, 0.1) is 0 Å². The predicted molar refractivity (Wildman–Crippen MR) is 102 cm³/mol. The Hall–Kier alpha value is -2.10. The zero-order valence-electron chi connectivity index (χ0n) is 14.3. The molecule has 1 aliphatic heterocycles. The number of hydrogen-bond acceptors (Lipinski definition) is 2. The van der Waals surface area contributed by atoms with E-state index < -0.39 is 0 Å². The summed E-state index contributed by atoms with van der Waals surface area (Å²) in [5.41, 5.74) is 5.85. The first kappa shape index (κ1) is 16.4. The SMILES string of the molecule is CN1Cc2ccc(Cl)cc2C[C@@H]1CNC(=O)C1=Cc2ccccc2C1. The van der Waals surface area contributed by atoms with Crippen LogP contribution in [0.4, 0.5) is 0 Å². The van der Waals surface area contributed by atoms with Crippen molar-refractivity contribution in [2.45, 2.75) is 25.4 Å². The van der Waals surface area contributed by atoms with E-state index in [1.165, 1.54) is 16.7 Å². The highest BCUT2D eigenvalue weighted by molar-refractivity contribution is 6.30. The summed E-state index contributed by atoms with van der Waals surface area (Å²) in [6, 6.07) is 14.6. The molecule has 1 heterocycles. The Balaban J connectivity index is 1.40. The molecule has 128 valence electrons. The van der Waals surface area contributed by atoms with E-state index in [0.29, 0.717) is 12.6 Å². The Morgan fingerprint density at radius 1 is 1.20 bits per heavy atom. The molecule has 0 fully saturated rings. The smallest absolute Gasteiger partial charge is 0.247 e. The van der Waals surface area contributed by atoms with E-state index in [9.17, 15) is 4.79 Å². The van der Waals surface area contributed by atoms with Gasteiger partial charge in [-0.15, -0.1) is 0 Å². The number of fused-ring (bicyclic) bond motifs is 2. The monoisotopic (exact) mass is 352 g/mol. The molecular formula is C21H21ClN2O. The molecule has 1 aliphatic carbocycles. The minimum absolute atomic E-state index is 0.0430. The van der Waals surface area contributed by atoms with Crippen LogP contribution in [0.5, 0.6) is 0 Å². The van der Waals surface area contributed by atoms with Crippen LogP contribution in [0.25, 0.3) is 6.08 Å². The molecule has 0 radical (unpaired) electrons. The van der Waals surface area contributed by atoms with Gasteiger partial charge in [-0.05, 0) is 53.9 Å². The van der Waals surface area contributed by atoms with Gasteiger partial charge < -0.3 is 5.32 Å². The molecule has 25 heavy (non-hydrogen) atoms. The number of benzene rings is 2. The van der Waals surface area contributed by atoms with Crippen LogP contribution in [-0.2, 0) is 24.2 Å². The topological polar surface area (TPSA) is 32.3 Å². The fourth-order valence-electron chi connectivity index (χ4n) is 3.72. The maximum atomic E-state index is 12.5. The molecule has 0 bridgehead atoms. The van der Waals surface area contributed by atoms with Crippen LogP contribution >= 0.6 is 11.6 Å². The van der Waals surface area contributed by atoms with E-state index in [-0.39, 0.29) is 5.91 Å². The van der Waals surface area contributed by atoms with Crippen molar-refractivity contribution in [2.75, 3.05) is 13.6 Å². The summed E-state index contributed by atoms with van der Waals surface area (Å²) in [5.74, 6) is 0.0430. The minimum atomic E-state index is 0.0430. The van der Waals surface area contributed by atoms with Crippen molar-refractivity contribution >= 4 is 23.6 Å². The second kappa shape index (κ2) is 6.66. The van der Waals surface area contributed by atoms with Gasteiger partial charge in [-0.25, -0.2) is 0 Å². The second-order valence-electron chi connectivity index (χ2n) is 6.94. The molecule has 0 saturated carbocycles. The van der Waals surface area contributed by atoms with Gasteiger partial charge >= 0.3 is 0 Å². The fraction of sp³-hybridized carbons (Fsp3) is 0.286. The molecule has 2 aromatic rings. The van der Waals surface area contributed by atoms with Gasteiger partial charge in [0.25, 0.3) is 0 Å². The lowest BCUT2D eigenvalue weighted by Crippen LogP contribution is -2.45. The maximum absolute atomic E-state index is 12.5. The molecule has 4 heteroatoms. The van der Waals surface area contributed by atoms with E-state index >= 15 is 0 Å². The van der Waals surface area contributed by atoms with E-state index in [2.05, 4.69) is 41.5 Å². The first-order valence-corrected chi connectivity index (χ1v) is 9.02. The highest BCUT2D eigenvalue weighted by Gasteiger charge is 2.25. The average Bonchev–Trinajstić information content (AvgIpc) is 3.04. The normalized spacial score (nSPS) is 19.1. The highest BCUT2D eigenvalue weighted by Crippen LogP contribution is 2.26. The van der Waals surface area contributed by atoms with Crippen molar-refractivity contribution in [2.24, 2.45) is 0 Å². The van der Waals surface area contributed by atoms with Crippen molar-refractivity contribution in [3.05, 3.63) is 75.3 Å². The first-order valence-electron chi connectivity index (χ1n) is 8.64. The van der Waals surface area contributed by atoms with Crippen molar-refractivity contribution in [1.82, 2.24) is 10.2 Å². The van der Waals surface area contributed by atoms with Crippen LogP contribution in [0.3, 0.4) is 0 Å². The Bertz CT molecular complexity index is 859. The number of halogens is 1. The molecule has 0 saturated heterocycles. The quantitative estimate of drug-likeness (QED) is 0.917. The third-order valence-corrected chi connectivity index (χ3v) is 5.46. The molecule has 0 unspecified atom stereocenters. The number of carbonyl (C=O) groups is 1. The van der Waals surface area contributed by atoms with Crippen LogP contribution in [0.2, 0.25) is 5.02 Å². The lowest BCUT2D eigenvalue weighted by Gasteiger charge is -2.34. The highest BCUT2D eigenvalue weighted by atomic mass is 35.5. The Morgan fingerprint density at radius 2 is 2.04 bits per heavy atom. The molecule has 1 N–H and O–H groups in total. The molecule has 2 aliphatic rings. The molecule has 1 amide bonds. The maximum Gasteiger partial charge on any atom is 0.247 e. The summed E-state index contributed by atoms with van der Waals surface area (Å²) in [5, 5.41) is 3.90. The van der Waals surface area contributed by atoms with Gasteiger partial charge in [0, 0.05) is 36.1 Å². The number of rotatable bonds is 3. The molecule has 4 rings (SSSR count). The Kier molecular flexibility index (Phi) is 4.36. The summed E-state index contributed by atoms with van der Waals surface area (Å²) in [6.07, 6.45) is 3.64. The zero-order valence-corrected chi connectivity index (χ0v) is 15.0. The number of carbonyl (C=O) groups excluding carboxylic acids is 1. The lowest BCUT2D eigenvalue weighted by atomic mass is 9.94. The van der Waals surface area contributed by atoms with Crippen molar-refractivity contribution in [1.29, 1.82) is 0 Å². The van der Waals surface area contributed by atoms with Crippen molar-refractivity contribution in [3.63, 3.8) is 0 Å². The van der Waals surface area contributed by atoms with Gasteiger partial charge in [0.15, 0.2) is 0 Å². The number of likely N-dealkylation sites (N-methyl/N-ethyl adjacent to an activating group) is 1. The van der Waals surface area contributed by atoms with Gasteiger partial charge in [-0.2, -0.15) is 0 Å². The van der Waals surface area contributed by atoms with Crippen LogP contribution < -0.4 is 5.32 Å². The molecule has 0 aromatic heterocycles. The van der Waals surface area contributed by atoms with E-state index in [4.69, 9.17) is 11.6 Å². The van der Waals surface area contributed by atoms with Gasteiger partial charge in [0.2, 0.25) is 5.91 Å². The van der Waals surface area contributed by atoms with E-state index in [0.717, 1.165) is 35.5 Å². The molecule has 0 spiro atoms. The number of hydrogen-bond donors (Lipinski definition) is 1. The summed E-state index contributed by atoms with van der Waals surface area (Å²) >= 11 is 6.13. The van der Waals surface area contributed by atoms with Crippen LogP contribution in [0, 0.1) is 0 Å². The largest absolute Gasteiger partial charge is 0.351 e. The van der Waals surface area contributed by atoms with Gasteiger partial charge in [-0.1, -0.05) is 41.9 Å². The lowest BCUT2D eigenvalue weighted by molar-refractivity contribution is -0.117. The number of nitrogens with one attached hydrogen (secondary N) is 1. The number of nitrogens with zero attached hydrogens (tertiary/aromatic N) is 1. The van der Waals surface area contributed by atoms with Gasteiger partial charge in [-0.3, -0.25) is 9.69 Å². The summed E-state index contributed by atoms with van der Waals surface area (Å²) in [7, 11) is 2.11. The van der Waals surface area contributed by atoms with Crippen LogP contribution in [0.15, 0.2) is 48.0 Å². The third kappa shape index (κ3) is 3.35. The summed E-state index contributed by atoms with van der Waals surface area (Å²) in [6.45, 7) is 1.54. The van der Waals surface area contributed by atoms with E-state index in [1.807, 2.05) is 24.3 Å². The molecule has 3 nitrogen and oxygen atoms in total. The summed E-state index contributed by atoms with van der Waals surface area (Å²) < 4.78 is 0. The molecular weight excluding hydrogens is 332 g/mol. The van der Waals surface area contributed by atoms with Crippen molar-refractivity contribution < 1.29 is 4.79 Å². The minimum Gasteiger partial charge on any atom is -0.351 e.